The van der Waals surface area contributed by atoms with Gasteiger partial charge in [-0.25, -0.2) is 0 Å². The lowest BCUT2D eigenvalue weighted by atomic mass is 9.95. The fourth-order valence-electron chi connectivity index (χ4n) is 1.62. The van der Waals surface area contributed by atoms with E-state index in [0.717, 1.165) is 0 Å². The van der Waals surface area contributed by atoms with Crippen molar-refractivity contribution in [3.05, 3.63) is 0 Å². The van der Waals surface area contributed by atoms with Gasteiger partial charge in [0.2, 0.25) is 0 Å². The van der Waals surface area contributed by atoms with Crippen LogP contribution in [0.15, 0.2) is 0 Å². The molecule has 0 unspecified atom stereocenters. The predicted octanol–water partition coefficient (Wildman–Crippen LogP) is 3.14. The molecule has 1 aliphatic heterocycles. The van der Waals surface area contributed by atoms with E-state index in [4.69, 9.17) is 0 Å². The molecule has 0 aromatic rings. The largest absolute Gasteiger partial charge is 0.454 e. The van der Waals surface area contributed by atoms with Gasteiger partial charge in [0.1, 0.15) is 0 Å². The monoisotopic (exact) mass is 253 g/mol. The molecule has 1 fully saturated rings. The van der Waals surface area contributed by atoms with E-state index in [2.05, 4.69) is 5.32 Å². The Bertz CT molecular complexity index is 206. The second kappa shape index (κ2) is 4.82. The summed E-state index contributed by atoms with van der Waals surface area (Å²) in [7, 11) is 0. The van der Waals surface area contributed by atoms with E-state index < -0.39 is 18.1 Å². The predicted molar refractivity (Wildman–Crippen MR) is 48.5 cm³/mol. The Hall–Kier alpha value is -0.100. The fourth-order valence-corrected chi connectivity index (χ4v) is 1.62. The molecule has 0 aromatic carbocycles. The molecule has 0 radical (unpaired) electrons. The van der Waals surface area contributed by atoms with Crippen molar-refractivity contribution >= 4 is 12.4 Å². The summed E-state index contributed by atoms with van der Waals surface area (Å²) in [5.41, 5.74) is 0. The Morgan fingerprint density at radius 1 is 1.07 bits per heavy atom. The van der Waals surface area contributed by atoms with Crippen LogP contribution in [-0.2, 0) is 0 Å². The standard InChI is InChI=1S/C8H12F5N.ClH/c1-5-3-2-4-6(14-5)7(9,10)8(11,12)13;/h5-6,14H,2-4H2,1H3;1H/t5-,6-;/m0./s1. The van der Waals surface area contributed by atoms with Crippen LogP contribution in [0.3, 0.4) is 0 Å². The number of alkyl halides is 5. The summed E-state index contributed by atoms with van der Waals surface area (Å²) in [6.45, 7) is 1.61. The molecule has 1 aliphatic rings. The van der Waals surface area contributed by atoms with Gasteiger partial charge in [-0.2, -0.15) is 22.0 Å². The van der Waals surface area contributed by atoms with E-state index in [1.807, 2.05) is 0 Å². The van der Waals surface area contributed by atoms with Crippen LogP contribution in [0.1, 0.15) is 26.2 Å². The van der Waals surface area contributed by atoms with Crippen molar-refractivity contribution in [3.8, 4) is 0 Å². The first-order valence-electron chi connectivity index (χ1n) is 4.45. The minimum atomic E-state index is -5.46. The highest BCUT2D eigenvalue weighted by molar-refractivity contribution is 5.85. The molecule has 0 saturated carbocycles. The molecule has 0 aliphatic carbocycles. The maximum Gasteiger partial charge on any atom is 0.454 e. The molecule has 0 amide bonds. The number of hydrogen-bond donors (Lipinski definition) is 1. The van der Waals surface area contributed by atoms with Crippen molar-refractivity contribution in [2.45, 2.75) is 50.4 Å². The molecule has 1 rings (SSSR count). The Balaban J connectivity index is 0.00000196. The number of nitrogens with one attached hydrogen (secondary N) is 1. The molecule has 0 bridgehead atoms. The first-order chi connectivity index (χ1) is 6.25. The van der Waals surface area contributed by atoms with Crippen LogP contribution in [-0.4, -0.2) is 24.2 Å². The topological polar surface area (TPSA) is 12.0 Å². The van der Waals surface area contributed by atoms with E-state index >= 15 is 0 Å². The number of hydrogen-bond acceptors (Lipinski definition) is 1. The van der Waals surface area contributed by atoms with Crippen molar-refractivity contribution in [1.29, 1.82) is 0 Å². The number of rotatable bonds is 1. The Labute approximate surface area is 90.8 Å². The Morgan fingerprint density at radius 2 is 1.60 bits per heavy atom. The molecule has 7 heteroatoms. The first kappa shape index (κ1) is 14.9. The minimum absolute atomic E-state index is 0. The minimum Gasteiger partial charge on any atom is -0.306 e. The number of halogens is 6. The van der Waals surface area contributed by atoms with Crippen molar-refractivity contribution in [2.75, 3.05) is 0 Å². The van der Waals surface area contributed by atoms with Crippen molar-refractivity contribution < 1.29 is 22.0 Å². The summed E-state index contributed by atoms with van der Waals surface area (Å²) >= 11 is 0. The van der Waals surface area contributed by atoms with E-state index in [-0.39, 0.29) is 24.9 Å². The molecule has 1 nitrogen and oxygen atoms in total. The van der Waals surface area contributed by atoms with Crippen LogP contribution in [0, 0.1) is 0 Å². The van der Waals surface area contributed by atoms with E-state index in [9.17, 15) is 22.0 Å². The third-order valence-corrected chi connectivity index (χ3v) is 2.43. The average molecular weight is 254 g/mol. The molecule has 2 atom stereocenters. The van der Waals surface area contributed by atoms with Crippen LogP contribution in [0.4, 0.5) is 22.0 Å². The molecule has 0 aromatic heterocycles. The third-order valence-electron chi connectivity index (χ3n) is 2.43. The van der Waals surface area contributed by atoms with Crippen LogP contribution >= 0.6 is 12.4 Å². The molecule has 15 heavy (non-hydrogen) atoms. The van der Waals surface area contributed by atoms with Crippen LogP contribution in [0.2, 0.25) is 0 Å². The van der Waals surface area contributed by atoms with Crippen molar-refractivity contribution in [3.63, 3.8) is 0 Å². The maximum absolute atomic E-state index is 12.8. The van der Waals surface area contributed by atoms with Crippen LogP contribution in [0.25, 0.3) is 0 Å². The zero-order valence-corrected chi connectivity index (χ0v) is 8.89. The highest BCUT2D eigenvalue weighted by Gasteiger charge is 2.62. The lowest BCUT2D eigenvalue weighted by Gasteiger charge is -2.35. The number of piperidine rings is 1. The summed E-state index contributed by atoms with van der Waals surface area (Å²) in [6.07, 6.45) is -4.53. The summed E-state index contributed by atoms with van der Waals surface area (Å²) in [4.78, 5) is 0. The van der Waals surface area contributed by atoms with E-state index in [0.29, 0.717) is 12.8 Å². The molecular formula is C8H13ClF5N. The molecule has 92 valence electrons. The van der Waals surface area contributed by atoms with Gasteiger partial charge in [-0.15, -0.1) is 12.4 Å². The van der Waals surface area contributed by atoms with Gasteiger partial charge < -0.3 is 5.32 Å². The molecule has 1 saturated heterocycles. The molecular weight excluding hydrogens is 241 g/mol. The second-order valence-electron chi connectivity index (χ2n) is 3.67. The quantitative estimate of drug-likeness (QED) is 0.708. The van der Waals surface area contributed by atoms with Gasteiger partial charge >= 0.3 is 12.1 Å². The molecule has 1 heterocycles. The third kappa shape index (κ3) is 3.17. The zero-order chi connectivity index (χ0) is 11.0. The summed E-state index contributed by atoms with van der Waals surface area (Å²) in [5.74, 6) is -4.62. The first-order valence-corrected chi connectivity index (χ1v) is 4.45. The van der Waals surface area contributed by atoms with Gasteiger partial charge in [0.15, 0.2) is 0 Å². The zero-order valence-electron chi connectivity index (χ0n) is 8.07. The normalized spacial score (nSPS) is 28.4. The Morgan fingerprint density at radius 3 is 2.00 bits per heavy atom. The lowest BCUT2D eigenvalue weighted by Crippen LogP contribution is -2.57. The van der Waals surface area contributed by atoms with Gasteiger partial charge in [0.25, 0.3) is 0 Å². The van der Waals surface area contributed by atoms with Gasteiger partial charge in [0.05, 0.1) is 6.04 Å². The van der Waals surface area contributed by atoms with Gasteiger partial charge in [-0.05, 0) is 19.8 Å². The summed E-state index contributed by atoms with van der Waals surface area (Å²) in [6, 6.07) is -2.05. The summed E-state index contributed by atoms with van der Waals surface area (Å²) < 4.78 is 61.5. The highest BCUT2D eigenvalue weighted by Crippen LogP contribution is 2.40. The molecule has 0 spiro atoms. The average Bonchev–Trinajstić information content (AvgIpc) is 2.02. The smallest absolute Gasteiger partial charge is 0.306 e. The fraction of sp³-hybridized carbons (Fsp3) is 1.00. The highest BCUT2D eigenvalue weighted by atomic mass is 35.5. The van der Waals surface area contributed by atoms with Crippen LogP contribution < -0.4 is 5.32 Å². The SMILES string of the molecule is C[C@H]1CCC[C@@H](C(F)(F)C(F)(F)F)N1.Cl. The van der Waals surface area contributed by atoms with E-state index in [1.54, 1.807) is 6.92 Å². The van der Waals surface area contributed by atoms with Crippen molar-refractivity contribution in [1.82, 2.24) is 5.32 Å². The Kier molecular flexibility index (Phi) is 4.79. The maximum atomic E-state index is 12.8. The lowest BCUT2D eigenvalue weighted by molar-refractivity contribution is -0.295. The van der Waals surface area contributed by atoms with Gasteiger partial charge in [-0.3, -0.25) is 0 Å². The van der Waals surface area contributed by atoms with Crippen molar-refractivity contribution in [2.24, 2.45) is 0 Å². The second-order valence-corrected chi connectivity index (χ2v) is 3.67. The summed E-state index contributed by atoms with van der Waals surface area (Å²) in [5, 5.41) is 2.29. The molecule has 1 N–H and O–H groups in total. The van der Waals surface area contributed by atoms with Crippen LogP contribution in [0.5, 0.6) is 0 Å². The van der Waals surface area contributed by atoms with E-state index in [1.165, 1.54) is 0 Å². The van der Waals surface area contributed by atoms with Gasteiger partial charge in [0, 0.05) is 6.04 Å². The van der Waals surface area contributed by atoms with Gasteiger partial charge in [-0.1, -0.05) is 6.42 Å².